The molecule has 0 fully saturated rings. The third kappa shape index (κ3) is 8.20. The molecule has 0 saturated carbocycles. The predicted octanol–water partition coefficient (Wildman–Crippen LogP) is 3.91. The molecule has 3 aromatic carbocycles. The monoisotopic (exact) mass is 662 g/mol. The second-order valence-corrected chi connectivity index (χ2v) is 10.5. The lowest BCUT2D eigenvalue weighted by Gasteiger charge is -2.28. The molecule has 254 valence electrons. The van der Waals surface area contributed by atoms with Gasteiger partial charge in [0, 0.05) is 5.70 Å². The number of nitrogens with one attached hydrogen (secondary N) is 3. The number of aliphatic hydroxyl groups excluding tert-OH is 1. The standard InChI is InChI=1S/C34H38N4O10/c1-5-43-27-13-21(7-10-24(27)45-17-22-8-11-26-28(14-22)48-19-47-26)16-35-38-30(39)18-46-25-12-9-23(15-29(25)44-6-2)32-31(33(40)42-4)20(3)36-34(41)37-32/h7-16,30,32,38-39H,5-6,17-19H2,1-4H3,(H2,36,37,41)/b35-16-/t30-,32-/m1/s1. The average molecular weight is 663 g/mol. The molecule has 2 aliphatic heterocycles. The van der Waals surface area contributed by atoms with Crippen molar-refractivity contribution in [1.29, 1.82) is 0 Å². The van der Waals surface area contributed by atoms with Crippen LogP contribution in [0.15, 0.2) is 71.0 Å². The van der Waals surface area contributed by atoms with E-state index in [4.69, 9.17) is 33.2 Å². The van der Waals surface area contributed by atoms with Crippen molar-refractivity contribution >= 4 is 18.2 Å². The van der Waals surface area contributed by atoms with Crippen molar-refractivity contribution in [3.63, 3.8) is 0 Å². The highest BCUT2D eigenvalue weighted by Gasteiger charge is 2.32. The van der Waals surface area contributed by atoms with Crippen LogP contribution in [0.1, 0.15) is 43.5 Å². The van der Waals surface area contributed by atoms with Gasteiger partial charge in [-0.2, -0.15) is 5.10 Å². The summed E-state index contributed by atoms with van der Waals surface area (Å²) in [6.45, 7) is 6.45. The number of carbonyl (C=O) groups excluding carboxylic acids is 2. The lowest BCUT2D eigenvalue weighted by atomic mass is 9.95. The van der Waals surface area contributed by atoms with E-state index in [-0.39, 0.29) is 19.0 Å². The smallest absolute Gasteiger partial charge is 0.337 e. The number of hydrazone groups is 1. The minimum atomic E-state index is -1.16. The molecule has 14 heteroatoms. The predicted molar refractivity (Wildman–Crippen MR) is 173 cm³/mol. The molecule has 0 unspecified atom stereocenters. The molecule has 2 atom stereocenters. The maximum Gasteiger partial charge on any atom is 0.337 e. The van der Waals surface area contributed by atoms with Gasteiger partial charge >= 0.3 is 12.0 Å². The van der Waals surface area contributed by atoms with E-state index in [0.29, 0.717) is 71.1 Å². The molecule has 2 amide bonds. The number of hydrogen-bond acceptors (Lipinski definition) is 12. The van der Waals surface area contributed by atoms with Crippen LogP contribution in [0.4, 0.5) is 4.79 Å². The first kappa shape index (κ1) is 33.7. The summed E-state index contributed by atoms with van der Waals surface area (Å²) in [6.07, 6.45) is 0.376. The number of carbonyl (C=O) groups is 2. The first-order valence-electron chi connectivity index (χ1n) is 15.3. The van der Waals surface area contributed by atoms with Gasteiger partial charge in [-0.1, -0.05) is 12.1 Å². The van der Waals surface area contributed by atoms with Crippen LogP contribution in [0, 0.1) is 0 Å². The van der Waals surface area contributed by atoms with Crippen molar-refractivity contribution in [2.75, 3.05) is 33.7 Å². The van der Waals surface area contributed by atoms with Crippen molar-refractivity contribution in [2.45, 2.75) is 39.6 Å². The molecule has 0 aliphatic carbocycles. The van der Waals surface area contributed by atoms with Crippen LogP contribution in [0.2, 0.25) is 0 Å². The number of esters is 1. The molecule has 0 aromatic heterocycles. The molecule has 5 rings (SSSR count). The average Bonchev–Trinajstić information content (AvgIpc) is 3.55. The third-order valence-electron chi connectivity index (χ3n) is 7.21. The van der Waals surface area contributed by atoms with Crippen molar-refractivity contribution in [3.8, 4) is 34.5 Å². The SMILES string of the molecule is CCOc1cc(/C=N\N[C@H](O)COc2ccc([C@H]3NC(=O)NC(C)=C3C(=O)OC)cc2OCC)ccc1OCc1ccc2c(c1)OCO2. The zero-order chi connectivity index (χ0) is 34.0. The van der Waals surface area contributed by atoms with Crippen molar-refractivity contribution in [2.24, 2.45) is 5.10 Å². The van der Waals surface area contributed by atoms with Crippen LogP contribution in [0.3, 0.4) is 0 Å². The van der Waals surface area contributed by atoms with Crippen LogP contribution in [0.5, 0.6) is 34.5 Å². The van der Waals surface area contributed by atoms with Gasteiger partial charge in [-0.15, -0.1) is 0 Å². The number of rotatable bonds is 15. The van der Waals surface area contributed by atoms with Gasteiger partial charge in [0.05, 0.1) is 38.2 Å². The van der Waals surface area contributed by atoms with Gasteiger partial charge in [0.2, 0.25) is 6.79 Å². The number of ether oxygens (including phenoxy) is 7. The second-order valence-electron chi connectivity index (χ2n) is 10.5. The number of amides is 2. The Balaban J connectivity index is 1.18. The molecule has 4 N–H and O–H groups in total. The first-order valence-corrected chi connectivity index (χ1v) is 15.3. The number of allylic oxidation sites excluding steroid dienone is 1. The molecule has 14 nitrogen and oxygen atoms in total. The molecular weight excluding hydrogens is 624 g/mol. The Morgan fingerprint density at radius 2 is 1.71 bits per heavy atom. The van der Waals surface area contributed by atoms with Gasteiger partial charge in [-0.3, -0.25) is 5.43 Å². The minimum absolute atomic E-state index is 0.163. The summed E-state index contributed by atoms with van der Waals surface area (Å²) >= 11 is 0. The largest absolute Gasteiger partial charge is 0.490 e. The van der Waals surface area contributed by atoms with E-state index in [9.17, 15) is 14.7 Å². The fourth-order valence-corrected chi connectivity index (χ4v) is 5.00. The molecule has 48 heavy (non-hydrogen) atoms. The number of hydrogen-bond donors (Lipinski definition) is 4. The van der Waals surface area contributed by atoms with Crippen LogP contribution in [-0.2, 0) is 16.1 Å². The molecule has 0 bridgehead atoms. The highest BCUT2D eigenvalue weighted by atomic mass is 16.7. The van der Waals surface area contributed by atoms with E-state index in [2.05, 4.69) is 21.2 Å². The van der Waals surface area contributed by atoms with E-state index < -0.39 is 24.3 Å². The van der Waals surface area contributed by atoms with Crippen LogP contribution < -0.4 is 44.5 Å². The molecule has 2 aliphatic rings. The van der Waals surface area contributed by atoms with Gasteiger partial charge in [0.25, 0.3) is 0 Å². The number of aliphatic hydroxyl groups is 1. The van der Waals surface area contributed by atoms with Gasteiger partial charge in [-0.25, -0.2) is 9.59 Å². The lowest BCUT2D eigenvalue weighted by Crippen LogP contribution is -2.45. The lowest BCUT2D eigenvalue weighted by molar-refractivity contribution is -0.136. The van der Waals surface area contributed by atoms with E-state index in [1.807, 2.05) is 38.1 Å². The van der Waals surface area contributed by atoms with E-state index in [0.717, 1.165) is 5.56 Å². The van der Waals surface area contributed by atoms with Gasteiger partial charge in [-0.05, 0) is 79.9 Å². The van der Waals surface area contributed by atoms with E-state index in [1.165, 1.54) is 13.3 Å². The Morgan fingerprint density at radius 3 is 2.48 bits per heavy atom. The summed E-state index contributed by atoms with van der Waals surface area (Å²) in [5, 5.41) is 20.0. The van der Waals surface area contributed by atoms with Gasteiger partial charge in [0.1, 0.15) is 13.2 Å². The number of fused-ring (bicyclic) bond motifs is 1. The quantitative estimate of drug-likeness (QED) is 0.0806. The molecule has 2 heterocycles. The Hall–Kier alpha value is -5.63. The number of benzene rings is 3. The topological polar surface area (TPSA) is 167 Å². The fraction of sp³-hybridized carbons (Fsp3) is 0.324. The maximum atomic E-state index is 12.5. The third-order valence-corrected chi connectivity index (χ3v) is 7.21. The van der Waals surface area contributed by atoms with Crippen LogP contribution >= 0.6 is 0 Å². The molecule has 0 saturated heterocycles. The van der Waals surface area contributed by atoms with E-state index >= 15 is 0 Å². The summed E-state index contributed by atoms with van der Waals surface area (Å²) in [4.78, 5) is 24.7. The van der Waals surface area contributed by atoms with Gasteiger partial charge in [0.15, 0.2) is 40.7 Å². The maximum absolute atomic E-state index is 12.5. The summed E-state index contributed by atoms with van der Waals surface area (Å²) < 4.78 is 39.1. The molecule has 0 spiro atoms. The summed E-state index contributed by atoms with van der Waals surface area (Å²) in [5.41, 5.74) is 5.51. The van der Waals surface area contributed by atoms with Crippen LogP contribution in [-0.4, -0.2) is 63.3 Å². The second kappa shape index (κ2) is 15.8. The highest BCUT2D eigenvalue weighted by Crippen LogP contribution is 2.36. The molecular formula is C34H38N4O10. The minimum Gasteiger partial charge on any atom is -0.490 e. The zero-order valence-electron chi connectivity index (χ0n) is 27.0. The number of urea groups is 1. The van der Waals surface area contributed by atoms with Crippen LogP contribution in [0.25, 0.3) is 0 Å². The Bertz CT molecular complexity index is 1690. The van der Waals surface area contributed by atoms with Crippen molar-refractivity contribution < 1.29 is 47.9 Å². The van der Waals surface area contributed by atoms with Gasteiger partial charge < -0.3 is 48.9 Å². The Morgan fingerprint density at radius 1 is 0.979 bits per heavy atom. The summed E-state index contributed by atoms with van der Waals surface area (Å²) in [6, 6.07) is 14.8. The normalized spacial score (nSPS) is 15.8. The first-order chi connectivity index (χ1) is 23.3. The Labute approximate surface area is 277 Å². The molecule has 3 aromatic rings. The zero-order valence-corrected chi connectivity index (χ0v) is 27.0. The fourth-order valence-electron chi connectivity index (χ4n) is 5.00. The number of methoxy groups -OCH3 is 1. The molecule has 0 radical (unpaired) electrons. The van der Waals surface area contributed by atoms with Crippen molar-refractivity contribution in [3.05, 3.63) is 82.6 Å². The number of nitrogens with zero attached hydrogens (tertiary/aromatic N) is 1. The highest BCUT2D eigenvalue weighted by molar-refractivity contribution is 5.95. The Kier molecular flexibility index (Phi) is 11.1. The van der Waals surface area contributed by atoms with Crippen molar-refractivity contribution in [1.82, 2.24) is 16.1 Å². The van der Waals surface area contributed by atoms with E-state index in [1.54, 1.807) is 37.3 Å². The summed E-state index contributed by atoms with van der Waals surface area (Å²) in [7, 11) is 1.27. The summed E-state index contributed by atoms with van der Waals surface area (Å²) in [5.74, 6) is 2.66.